The van der Waals surface area contributed by atoms with Crippen molar-refractivity contribution >= 4 is 12.0 Å². The van der Waals surface area contributed by atoms with Crippen LogP contribution in [0.5, 0.6) is 0 Å². The monoisotopic (exact) mass is 270 g/mol. The van der Waals surface area contributed by atoms with Gasteiger partial charge in [0.1, 0.15) is 0 Å². The zero-order valence-electron chi connectivity index (χ0n) is 10.6. The van der Waals surface area contributed by atoms with Gasteiger partial charge >= 0.3 is 12.0 Å². The molecule has 7 nitrogen and oxygen atoms in total. The van der Waals surface area contributed by atoms with Crippen LogP contribution in [0.3, 0.4) is 0 Å². The SMILES string of the molecule is O=C(O)C1CN(C(=O)NC2CC3CCC2O3)CCO1. The van der Waals surface area contributed by atoms with E-state index >= 15 is 0 Å². The van der Waals surface area contributed by atoms with Crippen molar-refractivity contribution in [2.24, 2.45) is 0 Å². The minimum Gasteiger partial charge on any atom is -0.479 e. The average molecular weight is 270 g/mol. The number of urea groups is 1. The number of hydrogen-bond donors (Lipinski definition) is 2. The molecule has 106 valence electrons. The van der Waals surface area contributed by atoms with Gasteiger partial charge in [0.15, 0.2) is 6.10 Å². The number of fused-ring (bicyclic) bond motifs is 2. The quantitative estimate of drug-likeness (QED) is 0.725. The Morgan fingerprint density at radius 2 is 2.16 bits per heavy atom. The van der Waals surface area contributed by atoms with Crippen molar-refractivity contribution in [1.29, 1.82) is 0 Å². The summed E-state index contributed by atoms with van der Waals surface area (Å²) >= 11 is 0. The summed E-state index contributed by atoms with van der Waals surface area (Å²) in [5.41, 5.74) is 0. The molecule has 0 saturated carbocycles. The molecule has 19 heavy (non-hydrogen) atoms. The third kappa shape index (κ3) is 2.52. The van der Waals surface area contributed by atoms with Crippen molar-refractivity contribution in [3.8, 4) is 0 Å². The summed E-state index contributed by atoms with van der Waals surface area (Å²) in [6, 6.07) is -0.145. The van der Waals surface area contributed by atoms with Crippen molar-refractivity contribution in [2.75, 3.05) is 19.7 Å². The molecular formula is C12H18N2O5. The number of carbonyl (C=O) groups excluding carboxylic acids is 1. The van der Waals surface area contributed by atoms with Gasteiger partial charge in [-0.25, -0.2) is 9.59 Å². The number of aliphatic carboxylic acids is 1. The van der Waals surface area contributed by atoms with Gasteiger partial charge in [0.25, 0.3) is 0 Å². The second-order valence-corrected chi connectivity index (χ2v) is 5.31. The summed E-state index contributed by atoms with van der Waals surface area (Å²) in [6.45, 7) is 0.789. The lowest BCUT2D eigenvalue weighted by Gasteiger charge is -2.32. The standard InChI is InChI=1S/C12H18N2O5/c15-11(16)10-6-14(3-4-18-10)12(17)13-8-5-7-1-2-9(8)19-7/h7-10H,1-6H2,(H,13,17)(H,15,16). The number of nitrogens with zero attached hydrogens (tertiary/aromatic N) is 1. The van der Waals surface area contributed by atoms with Crippen LogP contribution in [0.2, 0.25) is 0 Å². The lowest BCUT2D eigenvalue weighted by Crippen LogP contribution is -2.54. The van der Waals surface area contributed by atoms with Crippen LogP contribution in [-0.4, -0.2) is 66.1 Å². The van der Waals surface area contributed by atoms with Crippen LogP contribution in [0.1, 0.15) is 19.3 Å². The molecule has 0 aliphatic carbocycles. The van der Waals surface area contributed by atoms with Crippen LogP contribution in [0.25, 0.3) is 0 Å². The molecule has 4 atom stereocenters. The summed E-state index contributed by atoms with van der Waals surface area (Å²) < 4.78 is 10.8. The molecule has 7 heteroatoms. The van der Waals surface area contributed by atoms with Crippen molar-refractivity contribution in [1.82, 2.24) is 10.2 Å². The van der Waals surface area contributed by atoms with Crippen LogP contribution >= 0.6 is 0 Å². The molecule has 0 aromatic carbocycles. The maximum absolute atomic E-state index is 12.1. The van der Waals surface area contributed by atoms with Crippen LogP contribution in [0, 0.1) is 0 Å². The zero-order chi connectivity index (χ0) is 13.4. The van der Waals surface area contributed by atoms with Crippen LogP contribution < -0.4 is 5.32 Å². The molecule has 0 aromatic heterocycles. The van der Waals surface area contributed by atoms with Gasteiger partial charge in [-0.2, -0.15) is 0 Å². The first-order valence-electron chi connectivity index (χ1n) is 6.69. The minimum absolute atomic E-state index is 0.0670. The smallest absolute Gasteiger partial charge is 0.334 e. The highest BCUT2D eigenvalue weighted by molar-refractivity contribution is 5.77. The Hall–Kier alpha value is -1.34. The third-order valence-corrected chi connectivity index (χ3v) is 4.04. The average Bonchev–Trinajstić information content (AvgIpc) is 3.01. The number of carbonyl (C=O) groups is 2. The Morgan fingerprint density at radius 1 is 1.32 bits per heavy atom. The summed E-state index contributed by atoms with van der Waals surface area (Å²) in [6.07, 6.45) is 2.43. The highest BCUT2D eigenvalue weighted by Crippen LogP contribution is 2.34. The number of carboxylic acid groups (broad SMARTS) is 1. The largest absolute Gasteiger partial charge is 0.479 e. The van der Waals surface area contributed by atoms with Gasteiger partial charge in [-0.15, -0.1) is 0 Å². The van der Waals surface area contributed by atoms with Gasteiger partial charge in [0, 0.05) is 6.54 Å². The number of amides is 2. The van der Waals surface area contributed by atoms with E-state index in [0.717, 1.165) is 19.3 Å². The molecule has 3 heterocycles. The van der Waals surface area contributed by atoms with E-state index in [1.165, 1.54) is 4.90 Å². The van der Waals surface area contributed by atoms with Gasteiger partial charge in [-0.1, -0.05) is 0 Å². The molecule has 4 unspecified atom stereocenters. The maximum Gasteiger partial charge on any atom is 0.334 e. The van der Waals surface area contributed by atoms with Gasteiger partial charge < -0.3 is 24.8 Å². The fourth-order valence-electron chi connectivity index (χ4n) is 3.02. The number of hydrogen-bond acceptors (Lipinski definition) is 4. The van der Waals surface area contributed by atoms with Crippen molar-refractivity contribution < 1.29 is 24.2 Å². The molecule has 3 aliphatic rings. The highest BCUT2D eigenvalue weighted by Gasteiger charge is 2.42. The van der Waals surface area contributed by atoms with Crippen molar-refractivity contribution in [2.45, 2.75) is 43.6 Å². The lowest BCUT2D eigenvalue weighted by molar-refractivity contribution is -0.154. The molecule has 0 radical (unpaired) electrons. The van der Waals surface area contributed by atoms with Crippen LogP contribution in [-0.2, 0) is 14.3 Å². The Labute approximate surface area is 110 Å². The van der Waals surface area contributed by atoms with E-state index in [-0.39, 0.29) is 37.4 Å². The Balaban J connectivity index is 1.54. The summed E-state index contributed by atoms with van der Waals surface area (Å²) in [5, 5.41) is 11.9. The third-order valence-electron chi connectivity index (χ3n) is 4.04. The predicted molar refractivity (Wildman–Crippen MR) is 63.8 cm³/mol. The Morgan fingerprint density at radius 3 is 2.79 bits per heavy atom. The van der Waals surface area contributed by atoms with E-state index < -0.39 is 12.1 Å². The zero-order valence-corrected chi connectivity index (χ0v) is 10.6. The normalized spacial score (nSPS) is 37.4. The van der Waals surface area contributed by atoms with Gasteiger partial charge in [-0.05, 0) is 19.3 Å². The fourth-order valence-corrected chi connectivity index (χ4v) is 3.02. The van der Waals surface area contributed by atoms with E-state index in [4.69, 9.17) is 14.6 Å². The molecule has 2 N–H and O–H groups in total. The molecule has 3 fully saturated rings. The van der Waals surface area contributed by atoms with Crippen LogP contribution in [0.4, 0.5) is 4.79 Å². The topological polar surface area (TPSA) is 88.1 Å². The van der Waals surface area contributed by atoms with Crippen LogP contribution in [0.15, 0.2) is 0 Å². The summed E-state index contributed by atoms with van der Waals surface area (Å²) in [5.74, 6) is -1.03. The van der Waals surface area contributed by atoms with E-state index in [9.17, 15) is 9.59 Å². The number of carboxylic acids is 1. The lowest BCUT2D eigenvalue weighted by atomic mass is 9.96. The first kappa shape index (κ1) is 12.7. The molecule has 2 bridgehead atoms. The maximum atomic E-state index is 12.1. The second-order valence-electron chi connectivity index (χ2n) is 5.31. The van der Waals surface area contributed by atoms with E-state index in [0.29, 0.717) is 6.54 Å². The summed E-state index contributed by atoms with van der Waals surface area (Å²) in [4.78, 5) is 24.5. The van der Waals surface area contributed by atoms with Gasteiger partial charge in [0.2, 0.25) is 0 Å². The van der Waals surface area contributed by atoms with Gasteiger partial charge in [0.05, 0.1) is 31.4 Å². The van der Waals surface area contributed by atoms with Gasteiger partial charge in [-0.3, -0.25) is 0 Å². The molecular weight excluding hydrogens is 252 g/mol. The number of morpholine rings is 1. The minimum atomic E-state index is -1.03. The Bertz CT molecular complexity index is 388. The first-order valence-corrected chi connectivity index (χ1v) is 6.69. The Kier molecular flexibility index (Phi) is 3.32. The number of rotatable bonds is 2. The number of nitrogens with one attached hydrogen (secondary N) is 1. The molecule has 3 rings (SSSR count). The van der Waals surface area contributed by atoms with E-state index in [1.54, 1.807) is 0 Å². The molecule has 2 amide bonds. The molecule has 3 saturated heterocycles. The molecule has 3 aliphatic heterocycles. The van der Waals surface area contributed by atoms with E-state index in [2.05, 4.69) is 5.32 Å². The molecule has 0 aromatic rings. The number of ether oxygens (including phenoxy) is 2. The molecule has 0 spiro atoms. The van der Waals surface area contributed by atoms with E-state index in [1.807, 2.05) is 0 Å². The van der Waals surface area contributed by atoms with Crippen molar-refractivity contribution in [3.63, 3.8) is 0 Å². The summed E-state index contributed by atoms with van der Waals surface area (Å²) in [7, 11) is 0. The first-order chi connectivity index (χ1) is 9.13. The highest BCUT2D eigenvalue weighted by atomic mass is 16.5. The predicted octanol–water partition coefficient (Wildman–Crippen LogP) is -0.199. The fraction of sp³-hybridized carbons (Fsp3) is 0.833. The van der Waals surface area contributed by atoms with Crippen molar-refractivity contribution in [3.05, 3.63) is 0 Å². The second kappa shape index (κ2) is 4.97.